The van der Waals surface area contributed by atoms with Crippen molar-refractivity contribution in [3.8, 4) is 0 Å². The summed E-state index contributed by atoms with van der Waals surface area (Å²) in [5.41, 5.74) is 1.72. The van der Waals surface area contributed by atoms with E-state index in [-0.39, 0.29) is 5.91 Å². The standard InChI is InChI=1S/C20H18N2O/c23-20(19-18-9-5-4-8-16(18)12-13-21-19)22(17-10-11-17)14-15-6-2-1-3-7-15/h1-9,12-13,17H,10-11,14H2. The van der Waals surface area contributed by atoms with Crippen LogP contribution in [0.5, 0.6) is 0 Å². The summed E-state index contributed by atoms with van der Waals surface area (Å²) in [5.74, 6) is 0.0353. The van der Waals surface area contributed by atoms with Crippen LogP contribution >= 0.6 is 0 Å². The van der Waals surface area contributed by atoms with Gasteiger partial charge in [0, 0.05) is 24.2 Å². The molecular formula is C20H18N2O. The van der Waals surface area contributed by atoms with E-state index in [2.05, 4.69) is 17.1 Å². The third kappa shape index (κ3) is 2.82. The van der Waals surface area contributed by atoms with E-state index < -0.39 is 0 Å². The Morgan fingerprint density at radius 1 is 1.00 bits per heavy atom. The highest BCUT2D eigenvalue weighted by molar-refractivity contribution is 6.05. The number of carbonyl (C=O) groups is 1. The lowest BCUT2D eigenvalue weighted by atomic mass is 10.1. The van der Waals surface area contributed by atoms with Crippen molar-refractivity contribution in [1.29, 1.82) is 0 Å². The number of fused-ring (bicyclic) bond motifs is 1. The van der Waals surface area contributed by atoms with Crippen molar-refractivity contribution in [2.75, 3.05) is 0 Å². The Kier molecular flexibility index (Phi) is 3.54. The molecule has 3 aromatic rings. The summed E-state index contributed by atoms with van der Waals surface area (Å²) >= 11 is 0. The molecule has 0 bridgehead atoms. The summed E-state index contributed by atoms with van der Waals surface area (Å²) in [5, 5.41) is 1.99. The van der Waals surface area contributed by atoms with Crippen LogP contribution in [-0.2, 0) is 6.54 Å². The first kappa shape index (κ1) is 13.9. The maximum Gasteiger partial charge on any atom is 0.273 e. The zero-order chi connectivity index (χ0) is 15.6. The second-order valence-corrected chi connectivity index (χ2v) is 6.03. The van der Waals surface area contributed by atoms with Crippen molar-refractivity contribution < 1.29 is 4.79 Å². The number of rotatable bonds is 4. The van der Waals surface area contributed by atoms with Crippen LogP contribution in [0, 0.1) is 0 Å². The predicted molar refractivity (Wildman–Crippen MR) is 91.1 cm³/mol. The third-order valence-corrected chi connectivity index (χ3v) is 4.32. The zero-order valence-corrected chi connectivity index (χ0v) is 12.9. The van der Waals surface area contributed by atoms with E-state index in [4.69, 9.17) is 0 Å². The fourth-order valence-corrected chi connectivity index (χ4v) is 2.96. The molecule has 1 aliphatic carbocycles. The largest absolute Gasteiger partial charge is 0.330 e. The number of hydrogen-bond donors (Lipinski definition) is 0. The molecule has 0 aliphatic heterocycles. The summed E-state index contributed by atoms with van der Waals surface area (Å²) in [6.07, 6.45) is 3.90. The molecule has 1 fully saturated rings. The first-order valence-corrected chi connectivity index (χ1v) is 8.01. The Morgan fingerprint density at radius 2 is 1.74 bits per heavy atom. The molecule has 2 aromatic carbocycles. The zero-order valence-electron chi connectivity index (χ0n) is 12.9. The van der Waals surface area contributed by atoms with Gasteiger partial charge < -0.3 is 4.90 Å². The fraction of sp³-hybridized carbons (Fsp3) is 0.200. The van der Waals surface area contributed by atoms with E-state index in [1.54, 1.807) is 6.20 Å². The van der Waals surface area contributed by atoms with Gasteiger partial charge in [0.05, 0.1) is 0 Å². The Hall–Kier alpha value is -2.68. The van der Waals surface area contributed by atoms with Crippen LogP contribution in [0.1, 0.15) is 28.9 Å². The summed E-state index contributed by atoms with van der Waals surface area (Å²) in [7, 11) is 0. The maximum atomic E-state index is 13.1. The second kappa shape index (κ2) is 5.84. The molecular weight excluding hydrogens is 284 g/mol. The molecule has 0 spiro atoms. The average Bonchev–Trinajstić information content (AvgIpc) is 3.44. The molecule has 1 aliphatic rings. The molecule has 1 saturated carbocycles. The maximum absolute atomic E-state index is 13.1. The molecule has 23 heavy (non-hydrogen) atoms. The van der Waals surface area contributed by atoms with Gasteiger partial charge in [-0.15, -0.1) is 0 Å². The van der Waals surface area contributed by atoms with Crippen molar-refractivity contribution in [2.24, 2.45) is 0 Å². The van der Waals surface area contributed by atoms with Crippen LogP contribution in [-0.4, -0.2) is 21.8 Å². The van der Waals surface area contributed by atoms with E-state index in [9.17, 15) is 4.79 Å². The molecule has 0 saturated heterocycles. The number of amides is 1. The summed E-state index contributed by atoms with van der Waals surface area (Å²) in [4.78, 5) is 19.5. The lowest BCUT2D eigenvalue weighted by molar-refractivity contribution is 0.0726. The van der Waals surface area contributed by atoms with Crippen molar-refractivity contribution in [3.63, 3.8) is 0 Å². The van der Waals surface area contributed by atoms with Gasteiger partial charge in [0.15, 0.2) is 0 Å². The molecule has 0 unspecified atom stereocenters. The highest BCUT2D eigenvalue weighted by Crippen LogP contribution is 2.30. The average molecular weight is 302 g/mol. The highest BCUT2D eigenvalue weighted by Gasteiger charge is 2.34. The molecule has 4 rings (SSSR count). The van der Waals surface area contributed by atoms with Crippen LogP contribution in [0.3, 0.4) is 0 Å². The van der Waals surface area contributed by atoms with Crippen LogP contribution in [0.2, 0.25) is 0 Å². The smallest absolute Gasteiger partial charge is 0.273 e. The van der Waals surface area contributed by atoms with Gasteiger partial charge in [-0.25, -0.2) is 0 Å². The molecule has 3 nitrogen and oxygen atoms in total. The number of nitrogens with zero attached hydrogens (tertiary/aromatic N) is 2. The minimum absolute atomic E-state index is 0.0353. The lowest BCUT2D eigenvalue weighted by Gasteiger charge is -2.22. The lowest BCUT2D eigenvalue weighted by Crippen LogP contribution is -2.33. The van der Waals surface area contributed by atoms with Gasteiger partial charge in [-0.2, -0.15) is 0 Å². The van der Waals surface area contributed by atoms with Crippen molar-refractivity contribution in [1.82, 2.24) is 9.88 Å². The minimum atomic E-state index is 0.0353. The van der Waals surface area contributed by atoms with Crippen molar-refractivity contribution in [3.05, 3.63) is 78.1 Å². The number of benzene rings is 2. The summed E-state index contributed by atoms with van der Waals surface area (Å²) in [6.45, 7) is 0.648. The highest BCUT2D eigenvalue weighted by atomic mass is 16.2. The van der Waals surface area contributed by atoms with Gasteiger partial charge in [-0.05, 0) is 29.9 Å². The molecule has 1 heterocycles. The molecule has 1 aromatic heterocycles. The fourth-order valence-electron chi connectivity index (χ4n) is 2.96. The summed E-state index contributed by atoms with van der Waals surface area (Å²) in [6, 6.07) is 20.4. The first-order valence-electron chi connectivity index (χ1n) is 8.01. The number of carbonyl (C=O) groups excluding carboxylic acids is 1. The topological polar surface area (TPSA) is 33.2 Å². The predicted octanol–water partition coefficient (Wildman–Crippen LogP) is 4.04. The van der Waals surface area contributed by atoms with E-state index in [0.29, 0.717) is 18.3 Å². The third-order valence-electron chi connectivity index (χ3n) is 4.32. The second-order valence-electron chi connectivity index (χ2n) is 6.03. The van der Waals surface area contributed by atoms with Gasteiger partial charge in [-0.3, -0.25) is 9.78 Å². The van der Waals surface area contributed by atoms with Gasteiger partial charge in [0.25, 0.3) is 5.91 Å². The SMILES string of the molecule is O=C(c1nccc2ccccc12)N(Cc1ccccc1)C1CC1. The van der Waals surface area contributed by atoms with Gasteiger partial charge in [0.2, 0.25) is 0 Å². The monoisotopic (exact) mass is 302 g/mol. The van der Waals surface area contributed by atoms with Gasteiger partial charge >= 0.3 is 0 Å². The quantitative estimate of drug-likeness (QED) is 0.728. The van der Waals surface area contributed by atoms with E-state index in [0.717, 1.165) is 29.2 Å². The van der Waals surface area contributed by atoms with Gasteiger partial charge in [0.1, 0.15) is 5.69 Å². The summed E-state index contributed by atoms with van der Waals surface area (Å²) < 4.78 is 0. The number of aromatic nitrogens is 1. The van der Waals surface area contributed by atoms with E-state index in [1.165, 1.54) is 0 Å². The van der Waals surface area contributed by atoms with Crippen LogP contribution < -0.4 is 0 Å². The van der Waals surface area contributed by atoms with E-state index >= 15 is 0 Å². The number of hydrogen-bond acceptors (Lipinski definition) is 2. The van der Waals surface area contributed by atoms with Crippen LogP contribution in [0.4, 0.5) is 0 Å². The van der Waals surface area contributed by atoms with E-state index in [1.807, 2.05) is 53.4 Å². The molecule has 1 amide bonds. The van der Waals surface area contributed by atoms with Crippen molar-refractivity contribution in [2.45, 2.75) is 25.4 Å². The number of pyridine rings is 1. The molecule has 3 heteroatoms. The van der Waals surface area contributed by atoms with Gasteiger partial charge in [-0.1, -0.05) is 54.6 Å². The van der Waals surface area contributed by atoms with Crippen LogP contribution in [0.15, 0.2) is 66.9 Å². The molecule has 114 valence electrons. The normalized spacial score (nSPS) is 13.9. The minimum Gasteiger partial charge on any atom is -0.330 e. The Labute approximate surface area is 135 Å². The molecule has 0 atom stereocenters. The van der Waals surface area contributed by atoms with Crippen molar-refractivity contribution >= 4 is 16.7 Å². The first-order chi connectivity index (χ1) is 11.3. The Balaban J connectivity index is 1.70. The Morgan fingerprint density at radius 3 is 2.52 bits per heavy atom. The Bertz CT molecular complexity index is 835. The molecule has 0 radical (unpaired) electrons. The van der Waals surface area contributed by atoms with Crippen LogP contribution in [0.25, 0.3) is 10.8 Å². The molecule has 0 N–H and O–H groups in total.